The molecule has 1 aromatic carbocycles. The van der Waals surface area contributed by atoms with Crippen molar-refractivity contribution in [3.8, 4) is 5.75 Å². The number of ether oxygens (including phenoxy) is 1. The van der Waals surface area contributed by atoms with Gasteiger partial charge in [0.05, 0.1) is 7.11 Å². The Morgan fingerprint density at radius 1 is 1.35 bits per heavy atom. The van der Waals surface area contributed by atoms with E-state index < -0.39 is 0 Å². The molecule has 1 heterocycles. The molecule has 1 atom stereocenters. The Morgan fingerprint density at radius 2 is 2.20 bits per heavy atom. The first-order chi connectivity index (χ1) is 9.78. The van der Waals surface area contributed by atoms with E-state index in [1.165, 1.54) is 0 Å². The number of fused-ring (bicyclic) bond motifs is 1. The summed E-state index contributed by atoms with van der Waals surface area (Å²) in [6, 6.07) is 7.96. The minimum Gasteiger partial charge on any atom is -0.497 e. The van der Waals surface area contributed by atoms with Crippen molar-refractivity contribution in [1.29, 1.82) is 0 Å². The number of rotatable bonds is 7. The summed E-state index contributed by atoms with van der Waals surface area (Å²) in [5.74, 6) is 2.21. The average molecular weight is 274 g/mol. The van der Waals surface area contributed by atoms with Crippen LogP contribution in [0.4, 0.5) is 5.82 Å². The molecule has 108 valence electrons. The normalized spacial score (nSPS) is 12.3. The van der Waals surface area contributed by atoms with Gasteiger partial charge in [-0.15, -0.1) is 0 Å². The smallest absolute Gasteiger partial charge is 0.133 e. The van der Waals surface area contributed by atoms with E-state index in [4.69, 9.17) is 9.84 Å². The van der Waals surface area contributed by atoms with Gasteiger partial charge >= 0.3 is 0 Å². The van der Waals surface area contributed by atoms with Crippen molar-refractivity contribution < 1.29 is 9.84 Å². The highest BCUT2D eigenvalue weighted by Gasteiger charge is 2.08. The van der Waals surface area contributed by atoms with Crippen molar-refractivity contribution in [2.45, 2.75) is 19.8 Å². The zero-order valence-electron chi connectivity index (χ0n) is 12.1. The number of nitrogens with one attached hydrogen (secondary N) is 1. The molecule has 1 aromatic heterocycles. The molecule has 0 radical (unpaired) electrons. The van der Waals surface area contributed by atoms with Crippen LogP contribution in [0.5, 0.6) is 5.75 Å². The van der Waals surface area contributed by atoms with Gasteiger partial charge in [-0.1, -0.05) is 13.3 Å². The third kappa shape index (κ3) is 3.39. The number of aliphatic hydroxyl groups is 1. The van der Waals surface area contributed by atoms with Gasteiger partial charge in [0, 0.05) is 24.7 Å². The van der Waals surface area contributed by atoms with E-state index in [0.29, 0.717) is 5.92 Å². The van der Waals surface area contributed by atoms with Gasteiger partial charge in [-0.3, -0.25) is 0 Å². The van der Waals surface area contributed by atoms with Gasteiger partial charge < -0.3 is 15.2 Å². The predicted octanol–water partition coefficient (Wildman–Crippen LogP) is 3.06. The van der Waals surface area contributed by atoms with E-state index in [1.54, 1.807) is 13.3 Å². The molecule has 0 bridgehead atoms. The SMILES string of the molecule is CCC(CCO)CNc1nccc2cc(OC)ccc12. The number of anilines is 1. The van der Waals surface area contributed by atoms with Gasteiger partial charge in [0.2, 0.25) is 0 Å². The number of aromatic nitrogens is 1. The van der Waals surface area contributed by atoms with Crippen LogP contribution in [0.3, 0.4) is 0 Å². The molecule has 0 spiro atoms. The number of aliphatic hydroxyl groups excluding tert-OH is 1. The zero-order valence-corrected chi connectivity index (χ0v) is 12.1. The van der Waals surface area contributed by atoms with Gasteiger partial charge in [-0.2, -0.15) is 0 Å². The second kappa shape index (κ2) is 7.10. The first-order valence-corrected chi connectivity index (χ1v) is 7.06. The monoisotopic (exact) mass is 274 g/mol. The lowest BCUT2D eigenvalue weighted by Gasteiger charge is -2.16. The lowest BCUT2D eigenvalue weighted by atomic mass is 10.0. The fourth-order valence-corrected chi connectivity index (χ4v) is 2.30. The lowest BCUT2D eigenvalue weighted by molar-refractivity contribution is 0.258. The van der Waals surface area contributed by atoms with Crippen LogP contribution in [0.1, 0.15) is 19.8 Å². The summed E-state index contributed by atoms with van der Waals surface area (Å²) in [7, 11) is 1.67. The molecule has 1 unspecified atom stereocenters. The Kier molecular flexibility index (Phi) is 5.18. The number of nitrogens with zero attached hydrogens (tertiary/aromatic N) is 1. The molecular weight excluding hydrogens is 252 g/mol. The molecule has 0 saturated heterocycles. The van der Waals surface area contributed by atoms with Crippen LogP contribution in [0.2, 0.25) is 0 Å². The highest BCUT2D eigenvalue weighted by molar-refractivity contribution is 5.92. The number of hydrogen-bond acceptors (Lipinski definition) is 4. The van der Waals surface area contributed by atoms with Crippen LogP contribution < -0.4 is 10.1 Å². The van der Waals surface area contributed by atoms with Crippen LogP contribution in [-0.2, 0) is 0 Å². The van der Waals surface area contributed by atoms with Gasteiger partial charge in [0.25, 0.3) is 0 Å². The Bertz CT molecular complexity index is 557. The van der Waals surface area contributed by atoms with Crippen molar-refractivity contribution in [3.05, 3.63) is 30.5 Å². The largest absolute Gasteiger partial charge is 0.497 e. The Hall–Kier alpha value is -1.81. The molecule has 2 aromatic rings. The maximum absolute atomic E-state index is 9.04. The van der Waals surface area contributed by atoms with E-state index in [-0.39, 0.29) is 6.61 Å². The Balaban J connectivity index is 2.17. The fourth-order valence-electron chi connectivity index (χ4n) is 2.30. The van der Waals surface area contributed by atoms with Crippen LogP contribution in [0, 0.1) is 5.92 Å². The van der Waals surface area contributed by atoms with Gasteiger partial charge in [-0.05, 0) is 42.0 Å². The van der Waals surface area contributed by atoms with Crippen LogP contribution in [0.25, 0.3) is 10.8 Å². The zero-order chi connectivity index (χ0) is 14.4. The quantitative estimate of drug-likeness (QED) is 0.814. The van der Waals surface area contributed by atoms with Gasteiger partial charge in [0.1, 0.15) is 11.6 Å². The van der Waals surface area contributed by atoms with Crippen molar-refractivity contribution in [2.75, 3.05) is 25.6 Å². The third-order valence-corrected chi connectivity index (χ3v) is 3.64. The van der Waals surface area contributed by atoms with Crippen molar-refractivity contribution in [1.82, 2.24) is 4.98 Å². The van der Waals surface area contributed by atoms with E-state index in [2.05, 4.69) is 17.2 Å². The van der Waals surface area contributed by atoms with E-state index in [1.807, 2.05) is 24.3 Å². The molecule has 0 fully saturated rings. The topological polar surface area (TPSA) is 54.4 Å². The maximum atomic E-state index is 9.04. The van der Waals surface area contributed by atoms with Crippen molar-refractivity contribution in [2.24, 2.45) is 5.92 Å². The van der Waals surface area contributed by atoms with Crippen LogP contribution >= 0.6 is 0 Å². The molecule has 20 heavy (non-hydrogen) atoms. The standard InChI is InChI=1S/C16H22N2O2/c1-3-12(7-9-19)11-18-16-15-5-4-14(20-2)10-13(15)6-8-17-16/h4-6,8,10,12,19H,3,7,9,11H2,1-2H3,(H,17,18). The number of benzene rings is 1. The minimum atomic E-state index is 0.236. The Labute approximate surface area is 119 Å². The van der Waals surface area contributed by atoms with Gasteiger partial charge in [0.15, 0.2) is 0 Å². The van der Waals surface area contributed by atoms with Gasteiger partial charge in [-0.25, -0.2) is 4.98 Å². The molecule has 2 rings (SSSR count). The minimum absolute atomic E-state index is 0.236. The average Bonchev–Trinajstić information content (AvgIpc) is 2.50. The lowest BCUT2D eigenvalue weighted by Crippen LogP contribution is -2.15. The molecule has 0 aliphatic rings. The molecule has 2 N–H and O–H groups in total. The second-order valence-corrected chi connectivity index (χ2v) is 4.91. The van der Waals surface area contributed by atoms with Crippen LogP contribution in [-0.4, -0.2) is 30.4 Å². The molecule has 0 saturated carbocycles. The summed E-state index contributed by atoms with van der Waals surface area (Å²) in [5.41, 5.74) is 0. The first kappa shape index (κ1) is 14.6. The molecular formula is C16H22N2O2. The third-order valence-electron chi connectivity index (χ3n) is 3.64. The maximum Gasteiger partial charge on any atom is 0.133 e. The summed E-state index contributed by atoms with van der Waals surface area (Å²) in [6.07, 6.45) is 3.67. The Morgan fingerprint density at radius 3 is 2.90 bits per heavy atom. The first-order valence-electron chi connectivity index (χ1n) is 7.06. The number of pyridine rings is 1. The summed E-state index contributed by atoms with van der Waals surface area (Å²) in [6.45, 7) is 3.21. The summed E-state index contributed by atoms with van der Waals surface area (Å²) < 4.78 is 5.24. The number of hydrogen-bond donors (Lipinski definition) is 2. The molecule has 4 heteroatoms. The summed E-state index contributed by atoms with van der Waals surface area (Å²) >= 11 is 0. The molecule has 0 amide bonds. The summed E-state index contributed by atoms with van der Waals surface area (Å²) in [4.78, 5) is 4.41. The van der Waals surface area contributed by atoms with E-state index >= 15 is 0 Å². The number of methoxy groups -OCH3 is 1. The fraction of sp³-hybridized carbons (Fsp3) is 0.438. The molecule has 0 aliphatic heterocycles. The molecule has 4 nitrogen and oxygen atoms in total. The van der Waals surface area contributed by atoms with Crippen LogP contribution in [0.15, 0.2) is 30.5 Å². The van der Waals surface area contributed by atoms with Crippen molar-refractivity contribution >= 4 is 16.6 Å². The van der Waals surface area contributed by atoms with Crippen molar-refractivity contribution in [3.63, 3.8) is 0 Å². The second-order valence-electron chi connectivity index (χ2n) is 4.91. The molecule has 0 aliphatic carbocycles. The summed E-state index contributed by atoms with van der Waals surface area (Å²) in [5, 5.41) is 14.6. The highest BCUT2D eigenvalue weighted by atomic mass is 16.5. The van der Waals surface area contributed by atoms with E-state index in [9.17, 15) is 0 Å². The predicted molar refractivity (Wildman–Crippen MR) is 82.3 cm³/mol. The van der Waals surface area contributed by atoms with E-state index in [0.717, 1.165) is 41.7 Å². The highest BCUT2D eigenvalue weighted by Crippen LogP contribution is 2.25.